The van der Waals surface area contributed by atoms with E-state index in [1.807, 2.05) is 6.07 Å². The number of aryl methyl sites for hydroxylation is 1. The number of fused-ring (bicyclic) bond motifs is 2. The van der Waals surface area contributed by atoms with Gasteiger partial charge in [-0.3, -0.25) is 5.10 Å². The number of alkyl halides is 2. The molecular weight excluding hydrogens is 236 g/mol. The van der Waals surface area contributed by atoms with Crippen LogP contribution in [0.2, 0.25) is 0 Å². The largest absolute Gasteiger partial charge is 0.398 e. The van der Waals surface area contributed by atoms with Gasteiger partial charge in [-0.25, -0.2) is 8.78 Å². The van der Waals surface area contributed by atoms with Crippen molar-refractivity contribution in [3.63, 3.8) is 0 Å². The number of aromatic amines is 1. The summed E-state index contributed by atoms with van der Waals surface area (Å²) in [6.07, 6.45) is 2.27. The van der Waals surface area contributed by atoms with E-state index in [2.05, 4.69) is 10.2 Å². The molecule has 0 amide bonds. The van der Waals surface area contributed by atoms with Gasteiger partial charge in [0, 0.05) is 23.4 Å². The molecule has 0 radical (unpaired) electrons. The molecule has 96 valence electrons. The van der Waals surface area contributed by atoms with Gasteiger partial charge >= 0.3 is 0 Å². The molecule has 0 saturated carbocycles. The fourth-order valence-corrected chi connectivity index (χ4v) is 3.00. The van der Waals surface area contributed by atoms with Crippen LogP contribution in [-0.4, -0.2) is 16.1 Å². The van der Waals surface area contributed by atoms with Crippen molar-refractivity contribution in [1.82, 2.24) is 10.2 Å². The van der Waals surface area contributed by atoms with E-state index in [9.17, 15) is 8.78 Å². The minimum Gasteiger partial charge on any atom is -0.398 e. The average Bonchev–Trinajstić information content (AvgIpc) is 2.78. The Balaban J connectivity index is 2.29. The average molecular weight is 251 g/mol. The van der Waals surface area contributed by atoms with Gasteiger partial charge in [0.2, 0.25) is 0 Å². The molecule has 0 spiro atoms. The van der Waals surface area contributed by atoms with Crippen LogP contribution in [0, 0.1) is 0 Å². The Kier molecular flexibility index (Phi) is 2.33. The fraction of sp³-hybridized carbons (Fsp3) is 0.462. The van der Waals surface area contributed by atoms with Gasteiger partial charge in [0.1, 0.15) is 0 Å². The molecule has 0 saturated heterocycles. The summed E-state index contributed by atoms with van der Waals surface area (Å²) in [6, 6.07) is 1.91. The number of H-pyrrole nitrogens is 1. The molecule has 2 aromatic rings. The van der Waals surface area contributed by atoms with E-state index in [0.717, 1.165) is 16.5 Å². The first-order chi connectivity index (χ1) is 8.54. The quantitative estimate of drug-likeness (QED) is 0.764. The van der Waals surface area contributed by atoms with Gasteiger partial charge in [-0.1, -0.05) is 6.92 Å². The lowest BCUT2D eigenvalue weighted by Crippen LogP contribution is -2.32. The van der Waals surface area contributed by atoms with Crippen molar-refractivity contribution in [2.75, 3.05) is 5.73 Å². The summed E-state index contributed by atoms with van der Waals surface area (Å²) in [7, 11) is 0. The number of benzene rings is 1. The number of rotatable bonds is 1. The van der Waals surface area contributed by atoms with Gasteiger partial charge in [0.05, 0.1) is 11.7 Å². The second-order valence-electron chi connectivity index (χ2n) is 4.92. The molecule has 0 bridgehead atoms. The number of nitrogens with one attached hydrogen (secondary N) is 1. The monoisotopic (exact) mass is 251 g/mol. The maximum Gasteiger partial charge on any atom is 0.255 e. The summed E-state index contributed by atoms with van der Waals surface area (Å²) in [5.74, 6) is -3.44. The first-order valence-corrected chi connectivity index (χ1v) is 6.16. The van der Waals surface area contributed by atoms with Crippen LogP contribution in [0.5, 0.6) is 0 Å². The van der Waals surface area contributed by atoms with Crippen molar-refractivity contribution >= 4 is 16.6 Å². The summed E-state index contributed by atoms with van der Waals surface area (Å²) in [5, 5.41) is 7.52. The smallest absolute Gasteiger partial charge is 0.255 e. The number of anilines is 1. The molecule has 5 heteroatoms. The Morgan fingerprint density at radius 1 is 1.56 bits per heavy atom. The van der Waals surface area contributed by atoms with Crippen molar-refractivity contribution in [2.24, 2.45) is 0 Å². The minimum absolute atomic E-state index is 0.0996. The molecule has 0 aliphatic heterocycles. The molecular formula is C13H15F2N3. The maximum absolute atomic E-state index is 14.0. The summed E-state index contributed by atoms with van der Waals surface area (Å²) in [6.45, 7) is 1.78. The van der Waals surface area contributed by atoms with E-state index in [-0.39, 0.29) is 6.42 Å². The highest BCUT2D eigenvalue weighted by Gasteiger charge is 2.44. The summed E-state index contributed by atoms with van der Waals surface area (Å²) >= 11 is 0. The minimum atomic E-state index is -2.66. The second kappa shape index (κ2) is 3.67. The molecule has 1 atom stereocenters. The van der Waals surface area contributed by atoms with E-state index < -0.39 is 11.8 Å². The third-order valence-electron chi connectivity index (χ3n) is 3.91. The van der Waals surface area contributed by atoms with Gasteiger partial charge in [-0.05, 0) is 30.0 Å². The Morgan fingerprint density at radius 3 is 3.06 bits per heavy atom. The lowest BCUT2D eigenvalue weighted by atomic mass is 9.77. The zero-order valence-electron chi connectivity index (χ0n) is 10.1. The van der Waals surface area contributed by atoms with E-state index in [1.165, 1.54) is 0 Å². The maximum atomic E-state index is 14.0. The number of hydrogen-bond donors (Lipinski definition) is 2. The molecule has 3 nitrogen and oxygen atoms in total. The van der Waals surface area contributed by atoms with Crippen LogP contribution in [0.1, 0.15) is 36.8 Å². The SMILES string of the molecule is CCC1c2c(cc3[nH]ncc3c2N)CCC1(F)F. The Bertz CT molecular complexity index is 604. The van der Waals surface area contributed by atoms with Crippen LogP contribution in [0.15, 0.2) is 12.3 Å². The molecule has 3 N–H and O–H groups in total. The number of halogens is 2. The van der Waals surface area contributed by atoms with Crippen LogP contribution in [0.4, 0.5) is 14.5 Å². The number of nitrogens with two attached hydrogens (primary N) is 1. The number of nitrogen functional groups attached to an aromatic ring is 1. The first kappa shape index (κ1) is 11.4. The molecule has 0 fully saturated rings. The van der Waals surface area contributed by atoms with E-state index in [1.54, 1.807) is 13.1 Å². The summed E-state index contributed by atoms with van der Waals surface area (Å²) < 4.78 is 27.9. The number of hydrogen-bond acceptors (Lipinski definition) is 2. The van der Waals surface area contributed by atoms with E-state index in [4.69, 9.17) is 5.73 Å². The number of nitrogens with zero attached hydrogens (tertiary/aromatic N) is 1. The van der Waals surface area contributed by atoms with Crippen molar-refractivity contribution in [3.05, 3.63) is 23.4 Å². The zero-order valence-corrected chi connectivity index (χ0v) is 10.1. The highest BCUT2D eigenvalue weighted by atomic mass is 19.3. The summed E-state index contributed by atoms with van der Waals surface area (Å²) in [5.41, 5.74) is 8.92. The van der Waals surface area contributed by atoms with Gasteiger partial charge < -0.3 is 5.73 Å². The zero-order chi connectivity index (χ0) is 12.9. The predicted molar refractivity (Wildman–Crippen MR) is 66.8 cm³/mol. The molecule has 1 aliphatic carbocycles. The van der Waals surface area contributed by atoms with Crippen molar-refractivity contribution in [3.8, 4) is 0 Å². The van der Waals surface area contributed by atoms with Gasteiger partial charge in [-0.15, -0.1) is 0 Å². The fourth-order valence-electron chi connectivity index (χ4n) is 3.00. The van der Waals surface area contributed by atoms with Gasteiger partial charge in [0.25, 0.3) is 5.92 Å². The molecule has 1 heterocycles. The van der Waals surface area contributed by atoms with Crippen LogP contribution in [0.3, 0.4) is 0 Å². The Hall–Kier alpha value is -1.65. The van der Waals surface area contributed by atoms with E-state index >= 15 is 0 Å². The lowest BCUT2D eigenvalue weighted by Gasteiger charge is -2.34. The molecule has 1 aliphatic rings. The first-order valence-electron chi connectivity index (χ1n) is 6.16. The third-order valence-corrected chi connectivity index (χ3v) is 3.91. The Morgan fingerprint density at radius 2 is 2.33 bits per heavy atom. The van der Waals surface area contributed by atoms with Crippen LogP contribution < -0.4 is 5.73 Å². The third kappa shape index (κ3) is 1.43. The lowest BCUT2D eigenvalue weighted by molar-refractivity contribution is -0.0422. The molecule has 18 heavy (non-hydrogen) atoms. The van der Waals surface area contributed by atoms with Crippen molar-refractivity contribution in [2.45, 2.75) is 38.0 Å². The van der Waals surface area contributed by atoms with Gasteiger partial charge in [-0.2, -0.15) is 5.10 Å². The molecule has 3 rings (SSSR count). The molecule has 1 unspecified atom stereocenters. The van der Waals surface area contributed by atoms with Crippen molar-refractivity contribution in [1.29, 1.82) is 0 Å². The summed E-state index contributed by atoms with van der Waals surface area (Å²) in [4.78, 5) is 0. The second-order valence-corrected chi connectivity index (χ2v) is 4.92. The standard InChI is InChI=1S/C13H15F2N3/c1-2-9-11-7(3-4-13(9,14)15)5-10-8(12(11)16)6-17-18-10/h5-6,9H,2-4,16H2,1H3,(H,17,18). The Labute approximate surface area is 103 Å². The van der Waals surface area contributed by atoms with Crippen LogP contribution in [0.25, 0.3) is 10.9 Å². The number of aromatic nitrogens is 2. The predicted octanol–water partition coefficient (Wildman–Crippen LogP) is 3.22. The molecule has 1 aromatic heterocycles. The normalized spacial score (nSPS) is 22.1. The van der Waals surface area contributed by atoms with Gasteiger partial charge in [0.15, 0.2) is 0 Å². The molecule has 1 aromatic carbocycles. The van der Waals surface area contributed by atoms with E-state index in [0.29, 0.717) is 24.1 Å². The van der Waals surface area contributed by atoms with Crippen LogP contribution >= 0.6 is 0 Å². The van der Waals surface area contributed by atoms with Crippen LogP contribution in [-0.2, 0) is 6.42 Å². The highest BCUT2D eigenvalue weighted by molar-refractivity contribution is 5.93. The van der Waals surface area contributed by atoms with Crippen molar-refractivity contribution < 1.29 is 8.78 Å². The highest BCUT2D eigenvalue weighted by Crippen LogP contribution is 2.48. The topological polar surface area (TPSA) is 54.7 Å².